The van der Waals surface area contributed by atoms with E-state index in [4.69, 9.17) is 4.74 Å². The predicted octanol–water partition coefficient (Wildman–Crippen LogP) is 2.87. The van der Waals surface area contributed by atoms with E-state index in [9.17, 15) is 4.79 Å². The van der Waals surface area contributed by atoms with E-state index in [1.807, 2.05) is 30.3 Å². The highest BCUT2D eigenvalue weighted by Gasteiger charge is 2.39. The average Bonchev–Trinajstić information content (AvgIpc) is 2.58. The van der Waals surface area contributed by atoms with Gasteiger partial charge in [-0.25, -0.2) is 4.79 Å². The van der Waals surface area contributed by atoms with E-state index >= 15 is 0 Å². The minimum atomic E-state index is -0.206. The molecule has 3 rings (SSSR count). The second-order valence-corrected chi connectivity index (χ2v) is 7.29. The van der Waals surface area contributed by atoms with Crippen LogP contribution in [0.1, 0.15) is 42.6 Å². The highest BCUT2D eigenvalue weighted by atomic mass is 16.5. The fraction of sp³-hybridized carbons (Fsp3) is 0.381. The Kier molecular flexibility index (Phi) is 5.00. The van der Waals surface area contributed by atoms with E-state index < -0.39 is 0 Å². The van der Waals surface area contributed by atoms with Gasteiger partial charge >= 0.3 is 5.97 Å². The Balaban J connectivity index is 1.60. The fourth-order valence-corrected chi connectivity index (χ4v) is 3.55. The standard InChI is InChI=1S/C21H25NO2/c1-21(2)15-19(24-20(23)18-11-7-4-8-12-18)13-14-22(21)16-17-9-5-3-6-10-17/h3-12,19H,13-16H2,1-2H3/p+1/t19-/m1/s1. The molecule has 0 saturated carbocycles. The Morgan fingerprint density at radius 2 is 1.71 bits per heavy atom. The molecule has 1 unspecified atom stereocenters. The van der Waals surface area contributed by atoms with E-state index in [1.54, 1.807) is 4.90 Å². The molecule has 1 aliphatic rings. The van der Waals surface area contributed by atoms with Crippen molar-refractivity contribution in [2.75, 3.05) is 6.54 Å². The van der Waals surface area contributed by atoms with Crippen LogP contribution >= 0.6 is 0 Å². The van der Waals surface area contributed by atoms with Crippen LogP contribution in [0.2, 0.25) is 0 Å². The molecule has 2 aromatic rings. The normalized spacial score (nSPS) is 22.8. The van der Waals surface area contributed by atoms with Gasteiger partial charge in [-0.05, 0) is 26.0 Å². The number of benzene rings is 2. The van der Waals surface area contributed by atoms with Crippen LogP contribution in [0, 0.1) is 0 Å². The zero-order chi connectivity index (χ0) is 17.0. The topological polar surface area (TPSA) is 30.7 Å². The van der Waals surface area contributed by atoms with Gasteiger partial charge in [0.25, 0.3) is 0 Å². The van der Waals surface area contributed by atoms with Gasteiger partial charge in [0.1, 0.15) is 12.6 Å². The predicted molar refractivity (Wildman–Crippen MR) is 94.9 cm³/mol. The first-order chi connectivity index (χ1) is 11.5. The van der Waals surface area contributed by atoms with E-state index in [-0.39, 0.29) is 17.6 Å². The van der Waals surface area contributed by atoms with Crippen molar-refractivity contribution in [3.8, 4) is 0 Å². The highest BCUT2D eigenvalue weighted by molar-refractivity contribution is 5.89. The minimum Gasteiger partial charge on any atom is -0.458 e. The summed E-state index contributed by atoms with van der Waals surface area (Å²) in [5, 5.41) is 0. The van der Waals surface area contributed by atoms with Crippen LogP contribution in [-0.2, 0) is 11.3 Å². The molecule has 1 heterocycles. The lowest BCUT2D eigenvalue weighted by Gasteiger charge is -2.42. The smallest absolute Gasteiger partial charge is 0.338 e. The Labute approximate surface area is 144 Å². The second kappa shape index (κ2) is 7.18. The van der Waals surface area contributed by atoms with E-state index in [0.29, 0.717) is 5.56 Å². The van der Waals surface area contributed by atoms with Gasteiger partial charge in [-0.15, -0.1) is 0 Å². The molecule has 0 amide bonds. The number of piperidine rings is 1. The number of hydrogen-bond acceptors (Lipinski definition) is 2. The lowest BCUT2D eigenvalue weighted by molar-refractivity contribution is -0.968. The largest absolute Gasteiger partial charge is 0.458 e. The lowest BCUT2D eigenvalue weighted by Crippen LogP contribution is -3.19. The fourth-order valence-electron chi connectivity index (χ4n) is 3.55. The summed E-state index contributed by atoms with van der Waals surface area (Å²) in [5.74, 6) is -0.206. The molecule has 0 radical (unpaired) electrons. The zero-order valence-corrected chi connectivity index (χ0v) is 14.5. The minimum absolute atomic E-state index is 0.00669. The van der Waals surface area contributed by atoms with Crippen molar-refractivity contribution in [2.24, 2.45) is 0 Å². The van der Waals surface area contributed by atoms with E-state index in [1.165, 1.54) is 5.56 Å². The molecule has 2 atom stereocenters. The van der Waals surface area contributed by atoms with Gasteiger partial charge < -0.3 is 9.64 Å². The number of ether oxygens (including phenoxy) is 1. The quantitative estimate of drug-likeness (QED) is 0.877. The van der Waals surface area contributed by atoms with E-state index in [2.05, 4.69) is 44.2 Å². The maximum atomic E-state index is 12.3. The molecule has 24 heavy (non-hydrogen) atoms. The third-order valence-electron chi connectivity index (χ3n) is 5.01. The summed E-state index contributed by atoms with van der Waals surface area (Å²) in [4.78, 5) is 13.8. The van der Waals surface area contributed by atoms with Crippen LogP contribution in [-0.4, -0.2) is 24.2 Å². The summed E-state index contributed by atoms with van der Waals surface area (Å²) in [6.45, 7) is 6.59. The summed E-state index contributed by atoms with van der Waals surface area (Å²) in [6, 6.07) is 19.9. The summed E-state index contributed by atoms with van der Waals surface area (Å²) in [7, 11) is 0. The molecule has 126 valence electrons. The molecule has 0 spiro atoms. The maximum Gasteiger partial charge on any atom is 0.338 e. The molecule has 1 fully saturated rings. The Morgan fingerprint density at radius 3 is 2.33 bits per heavy atom. The van der Waals surface area contributed by atoms with Gasteiger partial charge in [-0.2, -0.15) is 0 Å². The maximum absolute atomic E-state index is 12.3. The number of hydrogen-bond donors (Lipinski definition) is 1. The lowest BCUT2D eigenvalue weighted by atomic mass is 9.88. The second-order valence-electron chi connectivity index (χ2n) is 7.29. The number of likely N-dealkylation sites (tertiary alicyclic amines) is 1. The van der Waals surface area contributed by atoms with Crippen LogP contribution in [0.3, 0.4) is 0 Å². The van der Waals surface area contributed by atoms with Gasteiger partial charge in [0.2, 0.25) is 0 Å². The third-order valence-corrected chi connectivity index (χ3v) is 5.01. The summed E-state index contributed by atoms with van der Waals surface area (Å²) >= 11 is 0. The van der Waals surface area contributed by atoms with Crippen LogP contribution in [0.25, 0.3) is 0 Å². The van der Waals surface area contributed by atoms with Crippen molar-refractivity contribution in [3.05, 3.63) is 71.8 Å². The highest BCUT2D eigenvalue weighted by Crippen LogP contribution is 2.19. The first kappa shape index (κ1) is 16.7. The van der Waals surface area contributed by atoms with Crippen molar-refractivity contribution >= 4 is 5.97 Å². The Hall–Kier alpha value is -2.13. The molecule has 1 N–H and O–H groups in total. The number of nitrogens with one attached hydrogen (secondary N) is 1. The molecule has 3 heteroatoms. The van der Waals surface area contributed by atoms with Gasteiger partial charge in [-0.1, -0.05) is 48.5 Å². The van der Waals surface area contributed by atoms with Crippen molar-refractivity contribution in [1.82, 2.24) is 0 Å². The molecule has 2 aromatic carbocycles. The first-order valence-electron chi connectivity index (χ1n) is 8.70. The third kappa shape index (κ3) is 4.04. The molecule has 0 aromatic heterocycles. The first-order valence-corrected chi connectivity index (χ1v) is 8.70. The SMILES string of the molecule is CC1(C)C[C@H](OC(=O)c2ccccc2)CC[NH+]1Cc1ccccc1. The number of quaternary nitrogens is 1. The Bertz CT molecular complexity index is 667. The van der Waals surface area contributed by atoms with Gasteiger partial charge in [0, 0.05) is 18.4 Å². The molecule has 3 nitrogen and oxygen atoms in total. The van der Waals surface area contributed by atoms with Crippen LogP contribution in [0.5, 0.6) is 0 Å². The summed E-state index contributed by atoms with van der Waals surface area (Å²) < 4.78 is 5.76. The molecule has 1 aliphatic heterocycles. The Morgan fingerprint density at radius 1 is 1.08 bits per heavy atom. The van der Waals surface area contributed by atoms with Crippen LogP contribution in [0.4, 0.5) is 0 Å². The van der Waals surface area contributed by atoms with Gasteiger partial charge in [0.05, 0.1) is 17.6 Å². The number of carbonyl (C=O) groups excluding carboxylic acids is 1. The van der Waals surface area contributed by atoms with Crippen LogP contribution < -0.4 is 4.90 Å². The molecule has 0 bridgehead atoms. The van der Waals surface area contributed by atoms with Crippen molar-refractivity contribution in [1.29, 1.82) is 0 Å². The monoisotopic (exact) mass is 324 g/mol. The number of carbonyl (C=O) groups is 1. The molecule has 1 saturated heterocycles. The summed E-state index contributed by atoms with van der Waals surface area (Å²) in [5.41, 5.74) is 2.09. The molecule has 0 aliphatic carbocycles. The van der Waals surface area contributed by atoms with Gasteiger partial charge in [0.15, 0.2) is 0 Å². The number of esters is 1. The van der Waals surface area contributed by atoms with Crippen molar-refractivity contribution in [2.45, 2.75) is 44.9 Å². The van der Waals surface area contributed by atoms with Crippen molar-refractivity contribution < 1.29 is 14.4 Å². The summed E-state index contributed by atoms with van der Waals surface area (Å²) in [6.07, 6.45) is 1.82. The molecular formula is C21H26NO2+. The molecular weight excluding hydrogens is 298 g/mol. The zero-order valence-electron chi connectivity index (χ0n) is 14.5. The van der Waals surface area contributed by atoms with Crippen LogP contribution in [0.15, 0.2) is 60.7 Å². The van der Waals surface area contributed by atoms with Crippen molar-refractivity contribution in [3.63, 3.8) is 0 Å². The average molecular weight is 324 g/mol. The van der Waals surface area contributed by atoms with Gasteiger partial charge in [-0.3, -0.25) is 0 Å². The van der Waals surface area contributed by atoms with E-state index in [0.717, 1.165) is 25.9 Å². The number of rotatable bonds is 4.